The molecular weight excluding hydrogens is 232 g/mol. The minimum atomic E-state index is -0.204. The van der Waals surface area contributed by atoms with Crippen LogP contribution in [0.1, 0.15) is 23.7 Å². The van der Waals surface area contributed by atoms with E-state index in [-0.39, 0.29) is 24.3 Å². The summed E-state index contributed by atoms with van der Waals surface area (Å²) in [4.78, 5) is 26.7. The summed E-state index contributed by atoms with van der Waals surface area (Å²) in [5.41, 5.74) is 5.98. The Morgan fingerprint density at radius 3 is 2.72 bits per heavy atom. The van der Waals surface area contributed by atoms with Crippen LogP contribution in [0.25, 0.3) is 0 Å². The third-order valence-electron chi connectivity index (χ3n) is 2.16. The zero-order valence-electron chi connectivity index (χ0n) is 10.3. The van der Waals surface area contributed by atoms with Crippen molar-refractivity contribution in [1.82, 2.24) is 15.6 Å². The SMILES string of the molecule is CC(N)CC(=O)NCCNC(=O)c1cccnc1. The van der Waals surface area contributed by atoms with Gasteiger partial charge in [0.15, 0.2) is 0 Å². The van der Waals surface area contributed by atoms with E-state index in [1.54, 1.807) is 25.3 Å². The van der Waals surface area contributed by atoms with Gasteiger partial charge in [0.1, 0.15) is 0 Å². The van der Waals surface area contributed by atoms with E-state index in [9.17, 15) is 9.59 Å². The van der Waals surface area contributed by atoms with Gasteiger partial charge < -0.3 is 16.4 Å². The predicted octanol–water partition coefficient (Wildman–Crippen LogP) is -0.335. The Morgan fingerprint density at radius 2 is 2.11 bits per heavy atom. The van der Waals surface area contributed by atoms with Crippen molar-refractivity contribution in [3.8, 4) is 0 Å². The average Bonchev–Trinajstić information content (AvgIpc) is 2.34. The van der Waals surface area contributed by atoms with Gasteiger partial charge in [0.05, 0.1) is 5.56 Å². The van der Waals surface area contributed by atoms with Crippen molar-refractivity contribution in [2.24, 2.45) is 5.73 Å². The molecule has 4 N–H and O–H groups in total. The largest absolute Gasteiger partial charge is 0.354 e. The number of nitrogens with two attached hydrogens (primary N) is 1. The van der Waals surface area contributed by atoms with Gasteiger partial charge in [-0.3, -0.25) is 14.6 Å². The number of aromatic nitrogens is 1. The highest BCUT2D eigenvalue weighted by molar-refractivity contribution is 5.93. The highest BCUT2D eigenvalue weighted by Crippen LogP contribution is 1.94. The van der Waals surface area contributed by atoms with Crippen LogP contribution in [-0.4, -0.2) is 35.9 Å². The van der Waals surface area contributed by atoms with Gasteiger partial charge in [-0.2, -0.15) is 0 Å². The Kier molecular flexibility index (Phi) is 5.79. The molecule has 0 saturated carbocycles. The van der Waals surface area contributed by atoms with E-state index in [1.165, 1.54) is 6.20 Å². The summed E-state index contributed by atoms with van der Waals surface area (Å²) >= 11 is 0. The molecule has 1 heterocycles. The molecule has 0 aliphatic rings. The zero-order chi connectivity index (χ0) is 13.4. The van der Waals surface area contributed by atoms with Gasteiger partial charge in [-0.05, 0) is 19.1 Å². The predicted molar refractivity (Wildman–Crippen MR) is 67.8 cm³/mol. The molecule has 1 aromatic heterocycles. The van der Waals surface area contributed by atoms with Crippen LogP contribution in [0.5, 0.6) is 0 Å². The van der Waals surface area contributed by atoms with Crippen LogP contribution in [0.2, 0.25) is 0 Å². The molecule has 1 unspecified atom stereocenters. The quantitative estimate of drug-likeness (QED) is 0.602. The summed E-state index contributed by atoms with van der Waals surface area (Å²) in [6.07, 6.45) is 3.38. The summed E-state index contributed by atoms with van der Waals surface area (Å²) in [6, 6.07) is 3.21. The minimum absolute atomic E-state index is 0.111. The summed E-state index contributed by atoms with van der Waals surface area (Å²) in [5, 5.41) is 5.35. The maximum atomic E-state index is 11.6. The van der Waals surface area contributed by atoms with Crippen LogP contribution >= 0.6 is 0 Å². The molecule has 1 aromatic rings. The maximum absolute atomic E-state index is 11.6. The van der Waals surface area contributed by atoms with E-state index in [1.807, 2.05) is 0 Å². The number of hydrogen-bond donors (Lipinski definition) is 3. The molecule has 0 aromatic carbocycles. The third-order valence-corrected chi connectivity index (χ3v) is 2.16. The fourth-order valence-corrected chi connectivity index (χ4v) is 1.34. The van der Waals surface area contributed by atoms with Crippen molar-refractivity contribution >= 4 is 11.8 Å². The lowest BCUT2D eigenvalue weighted by Crippen LogP contribution is -2.36. The monoisotopic (exact) mass is 250 g/mol. The molecule has 2 amide bonds. The lowest BCUT2D eigenvalue weighted by molar-refractivity contribution is -0.121. The van der Waals surface area contributed by atoms with Crippen LogP contribution in [0.4, 0.5) is 0 Å². The number of hydrogen-bond acceptors (Lipinski definition) is 4. The number of carbonyl (C=O) groups is 2. The van der Waals surface area contributed by atoms with Gasteiger partial charge in [0.2, 0.25) is 5.91 Å². The Hall–Kier alpha value is -1.95. The van der Waals surface area contributed by atoms with Gasteiger partial charge in [-0.15, -0.1) is 0 Å². The number of rotatable bonds is 6. The van der Waals surface area contributed by atoms with Gasteiger partial charge in [0.25, 0.3) is 5.91 Å². The second-order valence-electron chi connectivity index (χ2n) is 4.03. The first-order valence-electron chi connectivity index (χ1n) is 5.80. The molecule has 18 heavy (non-hydrogen) atoms. The van der Waals surface area contributed by atoms with Crippen molar-refractivity contribution in [3.63, 3.8) is 0 Å². The van der Waals surface area contributed by atoms with E-state index in [4.69, 9.17) is 5.73 Å². The smallest absolute Gasteiger partial charge is 0.252 e. The second-order valence-corrected chi connectivity index (χ2v) is 4.03. The Balaban J connectivity index is 2.19. The highest BCUT2D eigenvalue weighted by Gasteiger charge is 2.05. The number of amides is 2. The fraction of sp³-hybridized carbons (Fsp3) is 0.417. The fourth-order valence-electron chi connectivity index (χ4n) is 1.34. The molecule has 0 aliphatic carbocycles. The Labute approximate surface area is 106 Å². The normalized spacial score (nSPS) is 11.7. The van der Waals surface area contributed by atoms with Crippen LogP contribution in [0.15, 0.2) is 24.5 Å². The van der Waals surface area contributed by atoms with Crippen molar-refractivity contribution in [1.29, 1.82) is 0 Å². The molecule has 0 fully saturated rings. The highest BCUT2D eigenvalue weighted by atomic mass is 16.2. The summed E-state index contributed by atoms with van der Waals surface area (Å²) in [5.74, 6) is -0.315. The van der Waals surface area contributed by atoms with Crippen LogP contribution in [0.3, 0.4) is 0 Å². The van der Waals surface area contributed by atoms with E-state index >= 15 is 0 Å². The molecular formula is C12H18N4O2. The van der Waals surface area contributed by atoms with E-state index in [0.717, 1.165) is 0 Å². The molecule has 0 bridgehead atoms. The van der Waals surface area contributed by atoms with Gasteiger partial charge in [-0.1, -0.05) is 0 Å². The molecule has 1 rings (SSSR count). The third kappa shape index (κ3) is 5.40. The number of nitrogens with one attached hydrogen (secondary N) is 2. The molecule has 0 radical (unpaired) electrons. The molecule has 1 atom stereocenters. The second kappa shape index (κ2) is 7.39. The minimum Gasteiger partial charge on any atom is -0.354 e. The number of carbonyl (C=O) groups excluding carboxylic acids is 2. The number of nitrogens with zero attached hydrogens (tertiary/aromatic N) is 1. The van der Waals surface area contributed by atoms with Crippen LogP contribution in [-0.2, 0) is 4.79 Å². The van der Waals surface area contributed by atoms with Gasteiger partial charge in [-0.25, -0.2) is 0 Å². The summed E-state index contributed by atoms with van der Waals surface area (Å²) in [6.45, 7) is 2.53. The molecule has 6 heteroatoms. The first kappa shape index (κ1) is 14.1. The standard InChI is InChI=1S/C12H18N4O2/c1-9(13)7-11(17)15-5-6-16-12(18)10-3-2-4-14-8-10/h2-4,8-9H,5-7,13H2,1H3,(H,15,17)(H,16,18). The summed E-state index contributed by atoms with van der Waals surface area (Å²) < 4.78 is 0. The van der Waals surface area contributed by atoms with E-state index in [2.05, 4.69) is 15.6 Å². The van der Waals surface area contributed by atoms with Crippen molar-refractivity contribution in [2.75, 3.05) is 13.1 Å². The maximum Gasteiger partial charge on any atom is 0.252 e. The number of pyridine rings is 1. The first-order valence-corrected chi connectivity index (χ1v) is 5.80. The van der Waals surface area contributed by atoms with Crippen molar-refractivity contribution in [2.45, 2.75) is 19.4 Å². The zero-order valence-corrected chi connectivity index (χ0v) is 10.3. The molecule has 0 aliphatic heterocycles. The average molecular weight is 250 g/mol. The van der Waals surface area contributed by atoms with E-state index < -0.39 is 0 Å². The lowest BCUT2D eigenvalue weighted by Gasteiger charge is -2.08. The molecule has 0 saturated heterocycles. The topological polar surface area (TPSA) is 97.1 Å². The van der Waals surface area contributed by atoms with Crippen molar-refractivity contribution in [3.05, 3.63) is 30.1 Å². The molecule has 0 spiro atoms. The van der Waals surface area contributed by atoms with Gasteiger partial charge in [0, 0.05) is 37.9 Å². The molecule has 6 nitrogen and oxygen atoms in total. The first-order chi connectivity index (χ1) is 8.59. The lowest BCUT2D eigenvalue weighted by atomic mass is 10.2. The Bertz CT molecular complexity index is 392. The summed E-state index contributed by atoms with van der Waals surface area (Å²) in [7, 11) is 0. The van der Waals surface area contributed by atoms with Crippen LogP contribution in [0, 0.1) is 0 Å². The Morgan fingerprint density at radius 1 is 1.39 bits per heavy atom. The van der Waals surface area contributed by atoms with Crippen LogP contribution < -0.4 is 16.4 Å². The van der Waals surface area contributed by atoms with Gasteiger partial charge >= 0.3 is 0 Å². The van der Waals surface area contributed by atoms with Crippen molar-refractivity contribution < 1.29 is 9.59 Å². The van der Waals surface area contributed by atoms with E-state index in [0.29, 0.717) is 18.7 Å². The molecule has 98 valence electrons.